The minimum Gasteiger partial charge on any atom is -0.455 e. The van der Waals surface area contributed by atoms with Crippen LogP contribution in [0, 0.1) is 0 Å². The van der Waals surface area contributed by atoms with E-state index in [2.05, 4.69) is 185 Å². The van der Waals surface area contributed by atoms with Gasteiger partial charge in [0.1, 0.15) is 11.2 Å². The fourth-order valence-corrected chi connectivity index (χ4v) is 9.47. The van der Waals surface area contributed by atoms with Gasteiger partial charge in [0.25, 0.3) is 0 Å². The van der Waals surface area contributed by atoms with Crippen LogP contribution in [0.4, 0.5) is 0 Å². The molecule has 4 heterocycles. The van der Waals surface area contributed by atoms with E-state index in [1.807, 2.05) is 24.3 Å². The number of nitrogens with zero attached hydrogens (tertiary/aromatic N) is 5. The van der Waals surface area contributed by atoms with E-state index in [-0.39, 0.29) is 0 Å². The van der Waals surface area contributed by atoms with Crippen LogP contribution in [-0.2, 0) is 0 Å². The van der Waals surface area contributed by atoms with E-state index in [1.165, 1.54) is 0 Å². The molecule has 0 unspecified atom stereocenters. The fourth-order valence-electron chi connectivity index (χ4n) is 9.47. The number of hydrogen-bond acceptors (Lipinski definition) is 4. The molecule has 284 valence electrons. The molecule has 0 bridgehead atoms. The molecule has 0 spiro atoms. The summed E-state index contributed by atoms with van der Waals surface area (Å²) in [5, 5.41) is 8.88. The molecule has 0 aliphatic carbocycles. The van der Waals surface area contributed by atoms with Crippen LogP contribution >= 0.6 is 0 Å². The molecule has 0 saturated heterocycles. The lowest BCUT2D eigenvalue weighted by atomic mass is 10.0. The number of para-hydroxylation sites is 3. The van der Waals surface area contributed by atoms with Crippen molar-refractivity contribution in [2.75, 3.05) is 0 Å². The Bertz CT molecular complexity index is 3870. The molecule has 6 nitrogen and oxygen atoms in total. The molecule has 61 heavy (non-hydrogen) atoms. The summed E-state index contributed by atoms with van der Waals surface area (Å²) >= 11 is 0. The van der Waals surface area contributed by atoms with Crippen LogP contribution in [0.1, 0.15) is 0 Å². The van der Waals surface area contributed by atoms with Crippen molar-refractivity contribution >= 4 is 76.3 Å². The second-order valence-electron chi connectivity index (χ2n) is 15.6. The Morgan fingerprint density at radius 2 is 0.934 bits per heavy atom. The zero-order chi connectivity index (χ0) is 40.0. The molecule has 0 aliphatic heterocycles. The SMILES string of the molecule is c1ccc(-c2nc(-c3cccc4ccccc34)nc(-n3c4ccccc4c4ccc5c6ccccc6n(-c6cc(-c7ccccc7)c7oc8ccccc8c7c6)c5c43)n2)cc1. The normalized spacial score (nSPS) is 11.9. The predicted molar refractivity (Wildman–Crippen MR) is 250 cm³/mol. The number of hydrogen-bond donors (Lipinski definition) is 0. The summed E-state index contributed by atoms with van der Waals surface area (Å²) in [5.74, 6) is 1.77. The minimum absolute atomic E-state index is 0.550. The summed E-state index contributed by atoms with van der Waals surface area (Å²) < 4.78 is 11.3. The summed E-state index contributed by atoms with van der Waals surface area (Å²) in [4.78, 5) is 16.0. The Morgan fingerprint density at radius 1 is 0.361 bits per heavy atom. The second kappa shape index (κ2) is 13.1. The molecule has 0 aliphatic rings. The maximum absolute atomic E-state index is 6.66. The van der Waals surface area contributed by atoms with Gasteiger partial charge in [0.15, 0.2) is 11.6 Å². The van der Waals surface area contributed by atoms with Crippen LogP contribution in [0.15, 0.2) is 205 Å². The standard InChI is InChI=1S/C55H33N5O/c1-3-16-35(17-4-1)45-32-37(33-46-41-25-11-14-29-49(41)61-52(45)46)59-47-27-12-9-23-39(47)42-30-31-43-40-24-10-13-28-48(40)60(51(43)50(42)59)55-57-53(36-19-5-2-6-20-36)56-54(58-55)44-26-15-21-34-18-7-8-22-38(34)44/h1-33H. The molecule has 9 aromatic carbocycles. The molecule has 13 rings (SSSR count). The number of aromatic nitrogens is 5. The monoisotopic (exact) mass is 779 g/mol. The first-order valence-corrected chi connectivity index (χ1v) is 20.5. The average Bonchev–Trinajstić information content (AvgIpc) is 3.99. The molecule has 6 heteroatoms. The van der Waals surface area contributed by atoms with Crippen molar-refractivity contribution in [3.8, 4) is 45.5 Å². The van der Waals surface area contributed by atoms with E-state index in [4.69, 9.17) is 19.4 Å². The first-order valence-electron chi connectivity index (χ1n) is 20.5. The molecule has 0 saturated carbocycles. The molecular weight excluding hydrogens is 747 g/mol. The third-order valence-electron chi connectivity index (χ3n) is 12.2. The molecule has 4 aromatic heterocycles. The molecule has 0 fully saturated rings. The zero-order valence-corrected chi connectivity index (χ0v) is 32.7. The molecule has 0 atom stereocenters. The highest BCUT2D eigenvalue weighted by Gasteiger charge is 2.25. The Hall–Kier alpha value is -8.35. The number of rotatable bonds is 5. The summed E-state index contributed by atoms with van der Waals surface area (Å²) in [6.45, 7) is 0. The van der Waals surface area contributed by atoms with E-state index in [0.717, 1.165) is 104 Å². The van der Waals surface area contributed by atoms with Gasteiger partial charge in [-0.15, -0.1) is 0 Å². The van der Waals surface area contributed by atoms with E-state index >= 15 is 0 Å². The summed E-state index contributed by atoms with van der Waals surface area (Å²) in [6.07, 6.45) is 0. The van der Waals surface area contributed by atoms with Crippen molar-refractivity contribution in [2.45, 2.75) is 0 Å². The molecule has 13 aromatic rings. The van der Waals surface area contributed by atoms with Gasteiger partial charge in [0.05, 0.1) is 22.1 Å². The lowest BCUT2D eigenvalue weighted by Crippen LogP contribution is -2.07. The highest BCUT2D eigenvalue weighted by molar-refractivity contribution is 6.24. The number of benzene rings is 9. The van der Waals surface area contributed by atoms with Gasteiger partial charge in [-0.2, -0.15) is 9.97 Å². The Labute approximate surface area is 349 Å². The second-order valence-corrected chi connectivity index (χ2v) is 15.6. The predicted octanol–water partition coefficient (Wildman–Crippen LogP) is 14.1. The molecule has 0 N–H and O–H groups in total. The highest BCUT2D eigenvalue weighted by atomic mass is 16.3. The lowest BCUT2D eigenvalue weighted by Gasteiger charge is -2.15. The lowest BCUT2D eigenvalue weighted by molar-refractivity contribution is 0.670. The van der Waals surface area contributed by atoms with Gasteiger partial charge in [-0.25, -0.2) is 4.98 Å². The van der Waals surface area contributed by atoms with Crippen molar-refractivity contribution in [3.63, 3.8) is 0 Å². The van der Waals surface area contributed by atoms with Crippen molar-refractivity contribution in [1.82, 2.24) is 24.1 Å². The van der Waals surface area contributed by atoms with Crippen molar-refractivity contribution in [1.29, 1.82) is 0 Å². The van der Waals surface area contributed by atoms with Gasteiger partial charge in [0, 0.05) is 54.7 Å². The fraction of sp³-hybridized carbons (Fsp3) is 0. The van der Waals surface area contributed by atoms with E-state index in [0.29, 0.717) is 17.6 Å². The van der Waals surface area contributed by atoms with Gasteiger partial charge in [-0.3, -0.25) is 4.57 Å². The van der Waals surface area contributed by atoms with Crippen molar-refractivity contribution in [3.05, 3.63) is 200 Å². The van der Waals surface area contributed by atoms with Crippen molar-refractivity contribution < 1.29 is 4.42 Å². The summed E-state index contributed by atoms with van der Waals surface area (Å²) in [5.41, 5.74) is 11.0. The molecular formula is C55H33N5O. The third kappa shape index (κ3) is 5.06. The zero-order valence-electron chi connectivity index (χ0n) is 32.7. The van der Waals surface area contributed by atoms with E-state index in [9.17, 15) is 0 Å². The Morgan fingerprint density at radius 3 is 1.69 bits per heavy atom. The van der Waals surface area contributed by atoms with Crippen molar-refractivity contribution in [2.24, 2.45) is 0 Å². The van der Waals surface area contributed by atoms with Gasteiger partial charge in [0.2, 0.25) is 5.95 Å². The molecule has 0 radical (unpaired) electrons. The summed E-state index contributed by atoms with van der Waals surface area (Å²) in [7, 11) is 0. The molecule has 0 amide bonds. The largest absolute Gasteiger partial charge is 0.455 e. The van der Waals surface area contributed by atoms with Crippen LogP contribution in [0.2, 0.25) is 0 Å². The Kier molecular flexibility index (Phi) is 7.21. The van der Waals surface area contributed by atoms with Crippen LogP contribution < -0.4 is 0 Å². The third-order valence-corrected chi connectivity index (χ3v) is 12.2. The van der Waals surface area contributed by atoms with Gasteiger partial charge >= 0.3 is 0 Å². The average molecular weight is 780 g/mol. The topological polar surface area (TPSA) is 61.7 Å². The van der Waals surface area contributed by atoms with E-state index < -0.39 is 0 Å². The first-order chi connectivity index (χ1) is 30.3. The highest BCUT2D eigenvalue weighted by Crippen LogP contribution is 2.44. The van der Waals surface area contributed by atoms with Gasteiger partial charge in [-0.1, -0.05) is 170 Å². The quantitative estimate of drug-likeness (QED) is 0.175. The van der Waals surface area contributed by atoms with E-state index in [1.54, 1.807) is 0 Å². The summed E-state index contributed by atoms with van der Waals surface area (Å²) in [6, 6.07) is 70.2. The van der Waals surface area contributed by atoms with Crippen LogP contribution in [0.3, 0.4) is 0 Å². The Balaban J connectivity index is 1.19. The van der Waals surface area contributed by atoms with Crippen LogP contribution in [0.25, 0.3) is 122 Å². The maximum Gasteiger partial charge on any atom is 0.238 e. The maximum atomic E-state index is 6.66. The number of furan rings is 1. The van der Waals surface area contributed by atoms with Crippen LogP contribution in [-0.4, -0.2) is 24.1 Å². The van der Waals surface area contributed by atoms with Gasteiger partial charge in [-0.05, 0) is 46.7 Å². The number of fused-ring (bicyclic) bond motifs is 11. The van der Waals surface area contributed by atoms with Gasteiger partial charge < -0.3 is 8.98 Å². The smallest absolute Gasteiger partial charge is 0.238 e. The first kappa shape index (κ1) is 33.6. The van der Waals surface area contributed by atoms with Crippen LogP contribution in [0.5, 0.6) is 0 Å². The minimum atomic E-state index is 0.550.